The van der Waals surface area contributed by atoms with Crippen LogP contribution in [0.1, 0.15) is 47.9 Å². The second-order valence-electron chi connectivity index (χ2n) is 7.58. The van der Waals surface area contributed by atoms with Crippen LogP contribution in [0.4, 0.5) is 0 Å². The number of pyridine rings is 1. The quantitative estimate of drug-likeness (QED) is 0.497. The molecule has 29 heavy (non-hydrogen) atoms. The number of para-hydroxylation sites is 2. The molecule has 5 rings (SSSR count). The third-order valence-electron chi connectivity index (χ3n) is 5.60. The largest absolute Gasteiger partial charge is 0.348 e. The van der Waals surface area contributed by atoms with Gasteiger partial charge in [0.25, 0.3) is 5.91 Å². The predicted molar refractivity (Wildman–Crippen MR) is 110 cm³/mol. The normalized spacial score (nSPS) is 19.3. The molecular weight excluding hydrogens is 364 g/mol. The number of aromatic nitrogens is 5. The minimum atomic E-state index is -0.118. The Hall–Kier alpha value is -3.48. The average Bonchev–Trinajstić information content (AvgIpc) is 3.42. The summed E-state index contributed by atoms with van der Waals surface area (Å²) in [6.07, 6.45) is 7.44. The molecule has 0 bridgehead atoms. The lowest BCUT2D eigenvalue weighted by molar-refractivity contribution is 0.0919. The van der Waals surface area contributed by atoms with Crippen molar-refractivity contribution in [3.63, 3.8) is 0 Å². The molecule has 1 aliphatic rings. The Morgan fingerprint density at radius 2 is 1.97 bits per heavy atom. The van der Waals surface area contributed by atoms with Crippen molar-refractivity contribution in [1.29, 1.82) is 0 Å². The Morgan fingerprint density at radius 3 is 2.83 bits per heavy atom. The molecule has 3 aromatic heterocycles. The number of imidazole rings is 1. The Labute approximate surface area is 168 Å². The van der Waals surface area contributed by atoms with Gasteiger partial charge in [0.15, 0.2) is 0 Å². The number of carbonyl (C=O) groups excluding carboxylic acids is 1. The number of H-pyrrole nitrogens is 2. The van der Waals surface area contributed by atoms with Crippen molar-refractivity contribution in [2.75, 3.05) is 0 Å². The Kier molecular flexibility index (Phi) is 4.56. The van der Waals surface area contributed by atoms with Gasteiger partial charge in [-0.3, -0.25) is 14.9 Å². The first kappa shape index (κ1) is 17.6. The second kappa shape index (κ2) is 7.50. The first-order valence-corrected chi connectivity index (χ1v) is 9.97. The number of rotatable bonds is 4. The predicted octanol–water partition coefficient (Wildman–Crippen LogP) is 3.80. The maximum Gasteiger partial charge on any atom is 0.269 e. The number of benzene rings is 1. The van der Waals surface area contributed by atoms with Gasteiger partial charge in [0.1, 0.15) is 11.5 Å². The van der Waals surface area contributed by atoms with Gasteiger partial charge in [0.2, 0.25) is 0 Å². The minimum absolute atomic E-state index is 0.118. The van der Waals surface area contributed by atoms with Crippen LogP contribution in [-0.4, -0.2) is 37.1 Å². The van der Waals surface area contributed by atoms with Gasteiger partial charge in [-0.05, 0) is 49.6 Å². The molecule has 1 fully saturated rings. The lowest BCUT2D eigenvalue weighted by Crippen LogP contribution is -2.38. The molecule has 1 aliphatic carbocycles. The molecule has 4 aromatic rings. The van der Waals surface area contributed by atoms with Crippen molar-refractivity contribution < 1.29 is 4.79 Å². The summed E-state index contributed by atoms with van der Waals surface area (Å²) < 4.78 is 0. The molecule has 7 nitrogen and oxygen atoms in total. The molecule has 3 heterocycles. The van der Waals surface area contributed by atoms with Crippen LogP contribution in [-0.2, 0) is 0 Å². The molecule has 3 N–H and O–H groups in total. The van der Waals surface area contributed by atoms with Gasteiger partial charge in [0.05, 0.1) is 16.7 Å². The number of nitrogens with zero attached hydrogens (tertiary/aromatic N) is 3. The van der Waals surface area contributed by atoms with Crippen LogP contribution in [0, 0.1) is 0 Å². The molecular formula is C22H22N6O. The maximum atomic E-state index is 12.7. The topological polar surface area (TPSA) is 99.3 Å². The summed E-state index contributed by atoms with van der Waals surface area (Å²) in [4.78, 5) is 24.9. The van der Waals surface area contributed by atoms with E-state index in [9.17, 15) is 4.79 Å². The molecule has 0 aliphatic heterocycles. The van der Waals surface area contributed by atoms with Gasteiger partial charge in [-0.25, -0.2) is 4.98 Å². The molecule has 2 atom stereocenters. The summed E-state index contributed by atoms with van der Waals surface area (Å²) in [5.74, 6) is 1.23. The maximum absolute atomic E-state index is 12.7. The molecule has 1 amide bonds. The van der Waals surface area contributed by atoms with Crippen LogP contribution in [0.25, 0.3) is 22.3 Å². The average molecular weight is 386 g/mol. The van der Waals surface area contributed by atoms with Gasteiger partial charge in [-0.15, -0.1) is 0 Å². The molecule has 0 radical (unpaired) electrons. The monoisotopic (exact) mass is 386 g/mol. The smallest absolute Gasteiger partial charge is 0.269 e. The van der Waals surface area contributed by atoms with E-state index in [0.717, 1.165) is 53.8 Å². The lowest BCUT2D eigenvalue weighted by atomic mass is 9.85. The number of nitrogens with one attached hydrogen (secondary N) is 3. The lowest BCUT2D eigenvalue weighted by Gasteiger charge is -2.28. The highest BCUT2D eigenvalue weighted by Crippen LogP contribution is 2.32. The zero-order chi connectivity index (χ0) is 19.6. The molecule has 0 spiro atoms. The van der Waals surface area contributed by atoms with E-state index in [2.05, 4.69) is 25.5 Å². The van der Waals surface area contributed by atoms with E-state index in [4.69, 9.17) is 4.98 Å². The zero-order valence-electron chi connectivity index (χ0n) is 15.9. The number of aromatic amines is 2. The van der Waals surface area contributed by atoms with Crippen molar-refractivity contribution in [2.45, 2.75) is 37.6 Å². The summed E-state index contributed by atoms with van der Waals surface area (Å²) >= 11 is 0. The van der Waals surface area contributed by atoms with E-state index in [1.54, 1.807) is 18.5 Å². The standard InChI is InChI=1S/C22H22N6O/c29-22(20-13-19(27-28-20)14-8-10-23-11-9-14)24-16-5-3-4-15(12-16)21-25-17-6-1-2-7-18(17)26-21/h1-2,6-11,13,15-16H,3-5,12H2,(H,24,29)(H,25,26)(H,27,28). The van der Waals surface area contributed by atoms with E-state index in [1.165, 1.54) is 0 Å². The Bertz CT molecular complexity index is 1100. The fourth-order valence-corrected chi connectivity index (χ4v) is 4.11. The third kappa shape index (κ3) is 3.63. The van der Waals surface area contributed by atoms with E-state index >= 15 is 0 Å². The molecule has 7 heteroatoms. The van der Waals surface area contributed by atoms with Crippen LogP contribution < -0.4 is 5.32 Å². The summed E-state index contributed by atoms with van der Waals surface area (Å²) in [6, 6.07) is 13.7. The van der Waals surface area contributed by atoms with Crippen LogP contribution in [0.2, 0.25) is 0 Å². The number of fused-ring (bicyclic) bond motifs is 1. The SMILES string of the molecule is O=C(NC1CCCC(c2nc3ccccc3[nH]2)C1)c1cc(-c2ccncc2)n[nH]1. The second-order valence-corrected chi connectivity index (χ2v) is 7.58. The van der Waals surface area contributed by atoms with Gasteiger partial charge in [-0.2, -0.15) is 5.10 Å². The summed E-state index contributed by atoms with van der Waals surface area (Å²) in [7, 11) is 0. The van der Waals surface area contributed by atoms with E-state index in [0.29, 0.717) is 11.6 Å². The number of amides is 1. The molecule has 1 saturated carbocycles. The van der Waals surface area contributed by atoms with Crippen LogP contribution in [0.3, 0.4) is 0 Å². The molecule has 146 valence electrons. The van der Waals surface area contributed by atoms with Crippen molar-refractivity contribution in [3.8, 4) is 11.3 Å². The van der Waals surface area contributed by atoms with Crippen molar-refractivity contribution >= 4 is 16.9 Å². The first-order chi connectivity index (χ1) is 14.3. The minimum Gasteiger partial charge on any atom is -0.348 e. The van der Waals surface area contributed by atoms with Gasteiger partial charge in [0, 0.05) is 29.9 Å². The first-order valence-electron chi connectivity index (χ1n) is 9.97. The molecule has 1 aromatic carbocycles. The fourth-order valence-electron chi connectivity index (χ4n) is 4.11. The molecule has 2 unspecified atom stereocenters. The summed E-state index contributed by atoms with van der Waals surface area (Å²) in [6.45, 7) is 0. The highest BCUT2D eigenvalue weighted by atomic mass is 16.2. The summed E-state index contributed by atoms with van der Waals surface area (Å²) in [5.41, 5.74) is 4.20. The van der Waals surface area contributed by atoms with E-state index in [-0.39, 0.29) is 11.9 Å². The highest BCUT2D eigenvalue weighted by Gasteiger charge is 2.27. The number of carbonyl (C=O) groups is 1. The highest BCUT2D eigenvalue weighted by molar-refractivity contribution is 5.93. The van der Waals surface area contributed by atoms with E-state index in [1.807, 2.05) is 36.4 Å². The van der Waals surface area contributed by atoms with Crippen molar-refractivity contribution in [1.82, 2.24) is 30.5 Å². The van der Waals surface area contributed by atoms with E-state index < -0.39 is 0 Å². The van der Waals surface area contributed by atoms with Crippen LogP contribution in [0.5, 0.6) is 0 Å². The van der Waals surface area contributed by atoms with Gasteiger partial charge < -0.3 is 10.3 Å². The van der Waals surface area contributed by atoms with Crippen molar-refractivity contribution in [3.05, 3.63) is 66.4 Å². The molecule has 0 saturated heterocycles. The third-order valence-corrected chi connectivity index (χ3v) is 5.60. The summed E-state index contributed by atoms with van der Waals surface area (Å²) in [5, 5.41) is 10.3. The van der Waals surface area contributed by atoms with Crippen LogP contribution >= 0.6 is 0 Å². The zero-order valence-corrected chi connectivity index (χ0v) is 15.9. The van der Waals surface area contributed by atoms with Gasteiger partial charge >= 0.3 is 0 Å². The Balaban J connectivity index is 1.27. The van der Waals surface area contributed by atoms with Gasteiger partial charge in [-0.1, -0.05) is 18.6 Å². The number of hydrogen-bond donors (Lipinski definition) is 3. The van der Waals surface area contributed by atoms with Crippen molar-refractivity contribution in [2.24, 2.45) is 0 Å². The Morgan fingerprint density at radius 1 is 1.10 bits per heavy atom. The van der Waals surface area contributed by atoms with Crippen LogP contribution in [0.15, 0.2) is 54.9 Å². The number of hydrogen-bond acceptors (Lipinski definition) is 4. The fraction of sp³-hybridized carbons (Fsp3) is 0.273.